The number of nitrogens with two attached hydrogens (primary N) is 1. The van der Waals surface area contributed by atoms with Gasteiger partial charge in [-0.3, -0.25) is 5.10 Å². The van der Waals surface area contributed by atoms with Crippen LogP contribution in [0.15, 0.2) is 30.5 Å². The Hall–Kier alpha value is -2.50. The minimum atomic E-state index is -0.655. The average Bonchev–Trinajstić information content (AvgIpc) is 2.70. The number of halogens is 2. The van der Waals surface area contributed by atoms with Crippen molar-refractivity contribution in [3.8, 4) is 11.3 Å². The molecule has 0 atom stereocenters. The summed E-state index contributed by atoms with van der Waals surface area (Å²) in [5, 5.41) is 7.33. The second-order valence-electron chi connectivity index (χ2n) is 3.90. The molecule has 0 radical (unpaired) electrons. The topological polar surface area (TPSA) is 67.6 Å². The number of nitrogen functional groups attached to an aromatic ring is 1. The van der Waals surface area contributed by atoms with Crippen LogP contribution in [0.5, 0.6) is 0 Å². The predicted molar refractivity (Wildman–Crippen MR) is 63.7 cm³/mol. The van der Waals surface area contributed by atoms with Crippen LogP contribution in [0.2, 0.25) is 0 Å². The summed E-state index contributed by atoms with van der Waals surface area (Å²) in [6.07, 6.45) is 1.48. The van der Waals surface area contributed by atoms with Gasteiger partial charge in [0.15, 0.2) is 5.65 Å². The summed E-state index contributed by atoms with van der Waals surface area (Å²) in [6.45, 7) is 0. The Morgan fingerprint density at radius 2 is 1.78 bits per heavy atom. The van der Waals surface area contributed by atoms with Crippen LogP contribution in [0, 0.1) is 11.6 Å². The van der Waals surface area contributed by atoms with Gasteiger partial charge in [-0.1, -0.05) is 0 Å². The first kappa shape index (κ1) is 10.6. The molecule has 0 saturated heterocycles. The molecule has 0 fully saturated rings. The van der Waals surface area contributed by atoms with Crippen molar-refractivity contribution in [3.05, 3.63) is 42.1 Å². The first-order chi connectivity index (χ1) is 8.63. The van der Waals surface area contributed by atoms with Gasteiger partial charge in [0.25, 0.3) is 0 Å². The zero-order chi connectivity index (χ0) is 12.7. The molecule has 0 aliphatic carbocycles. The van der Waals surface area contributed by atoms with Crippen molar-refractivity contribution in [2.75, 3.05) is 5.73 Å². The number of hydrogen-bond acceptors (Lipinski definition) is 3. The lowest BCUT2D eigenvalue weighted by Crippen LogP contribution is -1.87. The number of rotatable bonds is 1. The maximum absolute atomic E-state index is 13.2. The quantitative estimate of drug-likeness (QED) is 0.693. The van der Waals surface area contributed by atoms with E-state index in [9.17, 15) is 8.78 Å². The van der Waals surface area contributed by atoms with Crippen molar-refractivity contribution >= 4 is 16.7 Å². The number of nitrogens with one attached hydrogen (secondary N) is 1. The molecule has 0 aliphatic rings. The zero-order valence-corrected chi connectivity index (χ0v) is 9.11. The van der Waals surface area contributed by atoms with E-state index in [2.05, 4.69) is 15.2 Å². The number of hydrogen-bond donors (Lipinski definition) is 2. The molecule has 18 heavy (non-hydrogen) atoms. The van der Waals surface area contributed by atoms with Crippen molar-refractivity contribution in [1.82, 2.24) is 15.2 Å². The minimum absolute atomic E-state index is 0.339. The molecule has 0 saturated carbocycles. The molecular weight excluding hydrogens is 238 g/mol. The normalized spacial score (nSPS) is 11.0. The number of fused-ring (bicyclic) bond motifs is 1. The smallest absolute Gasteiger partial charge is 0.155 e. The van der Waals surface area contributed by atoms with Crippen LogP contribution in [0.3, 0.4) is 0 Å². The Balaban J connectivity index is 2.27. The highest BCUT2D eigenvalue weighted by molar-refractivity contribution is 5.92. The highest BCUT2D eigenvalue weighted by Gasteiger charge is 2.11. The molecule has 0 spiro atoms. The van der Waals surface area contributed by atoms with Gasteiger partial charge in [0.2, 0.25) is 0 Å². The van der Waals surface area contributed by atoms with Crippen molar-refractivity contribution in [3.63, 3.8) is 0 Å². The summed E-state index contributed by atoms with van der Waals surface area (Å²) in [4.78, 5) is 4.04. The highest BCUT2D eigenvalue weighted by Crippen LogP contribution is 2.27. The molecule has 0 amide bonds. The maximum Gasteiger partial charge on any atom is 0.155 e. The van der Waals surface area contributed by atoms with E-state index in [0.29, 0.717) is 28.0 Å². The van der Waals surface area contributed by atoms with E-state index < -0.39 is 11.6 Å². The van der Waals surface area contributed by atoms with Gasteiger partial charge >= 0.3 is 0 Å². The first-order valence-electron chi connectivity index (χ1n) is 5.19. The molecule has 1 aromatic carbocycles. The van der Waals surface area contributed by atoms with Gasteiger partial charge in [0.05, 0.1) is 11.9 Å². The fourth-order valence-electron chi connectivity index (χ4n) is 1.83. The van der Waals surface area contributed by atoms with E-state index in [4.69, 9.17) is 5.73 Å². The van der Waals surface area contributed by atoms with Crippen LogP contribution in [0.1, 0.15) is 0 Å². The molecule has 2 heterocycles. The molecule has 0 unspecified atom stereocenters. The number of benzene rings is 1. The van der Waals surface area contributed by atoms with E-state index in [1.54, 1.807) is 6.07 Å². The Bertz CT molecular complexity index is 716. The molecular formula is C12H8F2N4. The van der Waals surface area contributed by atoms with Crippen LogP contribution in [0.4, 0.5) is 14.5 Å². The lowest BCUT2D eigenvalue weighted by Gasteiger charge is -1.99. The van der Waals surface area contributed by atoms with E-state index in [1.807, 2.05) is 0 Å². The van der Waals surface area contributed by atoms with Crippen molar-refractivity contribution in [2.24, 2.45) is 0 Å². The number of aromatic amines is 1. The van der Waals surface area contributed by atoms with Gasteiger partial charge in [-0.15, -0.1) is 0 Å². The standard InChI is InChI=1S/C12H8F2N4/c13-7-1-6(2-8(14)3-7)11-10-4-9(15)5-16-12(10)18-17-11/h1-5H,15H2,(H,16,17,18). The summed E-state index contributed by atoms with van der Waals surface area (Å²) < 4.78 is 26.4. The number of pyridine rings is 1. The SMILES string of the molecule is Nc1cnc2[nH]nc(-c3cc(F)cc(F)c3)c2c1. The van der Waals surface area contributed by atoms with Gasteiger partial charge in [-0.25, -0.2) is 13.8 Å². The third kappa shape index (κ3) is 1.67. The van der Waals surface area contributed by atoms with Crippen LogP contribution < -0.4 is 5.73 Å². The monoisotopic (exact) mass is 246 g/mol. The second kappa shape index (κ2) is 3.76. The summed E-state index contributed by atoms with van der Waals surface area (Å²) in [7, 11) is 0. The lowest BCUT2D eigenvalue weighted by molar-refractivity contribution is 0.584. The molecule has 6 heteroatoms. The number of aromatic nitrogens is 3. The third-order valence-electron chi connectivity index (χ3n) is 2.57. The molecule has 2 aromatic heterocycles. The second-order valence-corrected chi connectivity index (χ2v) is 3.90. The number of nitrogens with zero attached hydrogens (tertiary/aromatic N) is 2. The molecule has 0 bridgehead atoms. The van der Waals surface area contributed by atoms with Crippen LogP contribution >= 0.6 is 0 Å². The summed E-state index contributed by atoms with van der Waals surface area (Å²) in [5.74, 6) is -1.31. The Morgan fingerprint density at radius 1 is 1.06 bits per heavy atom. The Kier molecular flexibility index (Phi) is 2.22. The van der Waals surface area contributed by atoms with Gasteiger partial charge < -0.3 is 5.73 Å². The highest BCUT2D eigenvalue weighted by atomic mass is 19.1. The average molecular weight is 246 g/mol. The fraction of sp³-hybridized carbons (Fsp3) is 0. The van der Waals surface area contributed by atoms with Crippen molar-refractivity contribution in [2.45, 2.75) is 0 Å². The molecule has 4 nitrogen and oxygen atoms in total. The van der Waals surface area contributed by atoms with E-state index in [0.717, 1.165) is 6.07 Å². The largest absolute Gasteiger partial charge is 0.397 e. The Labute approximate surface area is 100 Å². The molecule has 3 aromatic rings. The van der Waals surface area contributed by atoms with E-state index >= 15 is 0 Å². The van der Waals surface area contributed by atoms with Crippen molar-refractivity contribution in [1.29, 1.82) is 0 Å². The molecule has 3 N–H and O–H groups in total. The third-order valence-corrected chi connectivity index (χ3v) is 2.57. The van der Waals surface area contributed by atoms with Crippen molar-refractivity contribution < 1.29 is 8.78 Å². The fourth-order valence-corrected chi connectivity index (χ4v) is 1.83. The molecule has 90 valence electrons. The Morgan fingerprint density at radius 3 is 2.50 bits per heavy atom. The van der Waals surface area contributed by atoms with Crippen LogP contribution in [-0.4, -0.2) is 15.2 Å². The van der Waals surface area contributed by atoms with Crippen LogP contribution in [0.25, 0.3) is 22.3 Å². The zero-order valence-electron chi connectivity index (χ0n) is 9.11. The van der Waals surface area contributed by atoms with E-state index in [1.165, 1.54) is 18.3 Å². The molecule has 3 rings (SSSR count). The van der Waals surface area contributed by atoms with Gasteiger partial charge in [0.1, 0.15) is 17.3 Å². The summed E-state index contributed by atoms with van der Waals surface area (Å²) in [5.41, 5.74) is 7.37. The van der Waals surface area contributed by atoms with E-state index in [-0.39, 0.29) is 0 Å². The number of anilines is 1. The van der Waals surface area contributed by atoms with Gasteiger partial charge in [-0.2, -0.15) is 5.10 Å². The first-order valence-corrected chi connectivity index (χ1v) is 5.19. The lowest BCUT2D eigenvalue weighted by atomic mass is 10.1. The molecule has 0 aliphatic heterocycles. The summed E-state index contributed by atoms with van der Waals surface area (Å²) >= 11 is 0. The maximum atomic E-state index is 13.2. The van der Waals surface area contributed by atoms with Gasteiger partial charge in [0, 0.05) is 17.0 Å². The van der Waals surface area contributed by atoms with Crippen LogP contribution in [-0.2, 0) is 0 Å². The number of H-pyrrole nitrogens is 1. The predicted octanol–water partition coefficient (Wildman–Crippen LogP) is 2.49. The van der Waals surface area contributed by atoms with Gasteiger partial charge in [-0.05, 0) is 18.2 Å². The minimum Gasteiger partial charge on any atom is -0.397 e. The summed E-state index contributed by atoms with van der Waals surface area (Å²) in [6, 6.07) is 4.89.